The monoisotopic (exact) mass is 356 g/mol. The smallest absolute Gasteiger partial charge is 0.306 e. The van der Waals surface area contributed by atoms with Crippen molar-refractivity contribution >= 4 is 5.97 Å². The number of carbonyl (C=O) groups excluding carboxylic acids is 1. The maximum Gasteiger partial charge on any atom is 0.306 e. The molecule has 4 heteroatoms. The van der Waals surface area contributed by atoms with Gasteiger partial charge in [0, 0.05) is 32.0 Å². The van der Waals surface area contributed by atoms with Gasteiger partial charge < -0.3 is 14.2 Å². The van der Waals surface area contributed by atoms with Gasteiger partial charge in [-0.25, -0.2) is 0 Å². The number of unbranched alkanes of at least 4 members (excludes halogenated alkanes) is 5. The van der Waals surface area contributed by atoms with Crippen LogP contribution in [0.4, 0.5) is 0 Å². The lowest BCUT2D eigenvalue weighted by Crippen LogP contribution is -2.42. The van der Waals surface area contributed by atoms with E-state index < -0.39 is 5.79 Å². The number of esters is 1. The minimum atomic E-state index is -0.496. The summed E-state index contributed by atoms with van der Waals surface area (Å²) in [7, 11) is 0. The lowest BCUT2D eigenvalue weighted by Gasteiger charge is -2.37. The summed E-state index contributed by atoms with van der Waals surface area (Å²) in [5.74, 6) is 0.0318. The lowest BCUT2D eigenvalue weighted by molar-refractivity contribution is -0.257. The van der Waals surface area contributed by atoms with Crippen molar-refractivity contribution in [1.29, 1.82) is 0 Å². The predicted octanol–water partition coefficient (Wildman–Crippen LogP) is 5.49. The fourth-order valence-corrected chi connectivity index (χ4v) is 4.30. The quantitative estimate of drug-likeness (QED) is 0.235. The second kappa shape index (κ2) is 12.7. The van der Waals surface area contributed by atoms with Gasteiger partial charge in [0.15, 0.2) is 5.79 Å². The number of carbonyl (C=O) groups is 1. The number of hydrogen-bond acceptors (Lipinski definition) is 4. The van der Waals surface area contributed by atoms with E-state index in [0.29, 0.717) is 38.1 Å². The lowest BCUT2D eigenvalue weighted by atomic mass is 9.85. The summed E-state index contributed by atoms with van der Waals surface area (Å²) in [6.07, 6.45) is 11.1. The molecular formula is C21H40O4. The minimum absolute atomic E-state index is 0.0794. The molecule has 0 heterocycles. The zero-order valence-electron chi connectivity index (χ0n) is 17.0. The molecule has 0 spiro atoms. The summed E-state index contributed by atoms with van der Waals surface area (Å²) < 4.78 is 17.5. The zero-order chi connectivity index (χ0) is 18.5. The highest BCUT2D eigenvalue weighted by Gasteiger charge is 2.50. The molecule has 0 aromatic rings. The van der Waals surface area contributed by atoms with Crippen LogP contribution in [0.2, 0.25) is 0 Å². The Labute approximate surface area is 155 Å². The van der Waals surface area contributed by atoms with E-state index in [1.807, 2.05) is 20.8 Å². The van der Waals surface area contributed by atoms with Gasteiger partial charge in [-0.05, 0) is 39.5 Å². The van der Waals surface area contributed by atoms with Crippen molar-refractivity contribution in [3.8, 4) is 0 Å². The average Bonchev–Trinajstić information content (AvgIpc) is 2.89. The van der Waals surface area contributed by atoms with Gasteiger partial charge in [0.2, 0.25) is 0 Å². The van der Waals surface area contributed by atoms with E-state index in [-0.39, 0.29) is 5.97 Å². The molecular weight excluding hydrogens is 316 g/mol. The van der Waals surface area contributed by atoms with Gasteiger partial charge in [-0.2, -0.15) is 0 Å². The van der Waals surface area contributed by atoms with Gasteiger partial charge in [0.25, 0.3) is 0 Å². The summed E-state index contributed by atoms with van der Waals surface area (Å²) in [6, 6.07) is 0. The van der Waals surface area contributed by atoms with Crippen molar-refractivity contribution in [2.45, 2.75) is 97.7 Å². The molecule has 0 saturated heterocycles. The molecule has 148 valence electrons. The first-order valence-electron chi connectivity index (χ1n) is 10.6. The second-order valence-corrected chi connectivity index (χ2v) is 7.15. The van der Waals surface area contributed by atoms with E-state index in [4.69, 9.17) is 14.2 Å². The van der Waals surface area contributed by atoms with E-state index in [2.05, 4.69) is 6.92 Å². The highest BCUT2D eigenvalue weighted by Crippen LogP contribution is 2.48. The topological polar surface area (TPSA) is 44.8 Å². The normalized spacial score (nSPS) is 22.2. The van der Waals surface area contributed by atoms with Gasteiger partial charge in [-0.3, -0.25) is 4.79 Å². The van der Waals surface area contributed by atoms with Gasteiger partial charge in [0.05, 0.1) is 6.61 Å². The molecule has 1 rings (SSSR count). The van der Waals surface area contributed by atoms with E-state index in [9.17, 15) is 4.79 Å². The summed E-state index contributed by atoms with van der Waals surface area (Å²) >= 11 is 0. The zero-order valence-corrected chi connectivity index (χ0v) is 17.0. The number of rotatable bonds is 14. The largest absolute Gasteiger partial charge is 0.466 e. The first-order valence-corrected chi connectivity index (χ1v) is 10.6. The van der Waals surface area contributed by atoms with Crippen molar-refractivity contribution in [2.75, 3.05) is 19.8 Å². The molecule has 2 unspecified atom stereocenters. The molecule has 0 amide bonds. The molecule has 0 aromatic carbocycles. The third kappa shape index (κ3) is 7.26. The van der Waals surface area contributed by atoms with Gasteiger partial charge in [0.1, 0.15) is 0 Å². The third-order valence-electron chi connectivity index (χ3n) is 5.38. The molecule has 0 radical (unpaired) electrons. The molecule has 1 fully saturated rings. The molecule has 25 heavy (non-hydrogen) atoms. The Morgan fingerprint density at radius 3 is 2.16 bits per heavy atom. The number of ether oxygens (including phenoxy) is 3. The van der Waals surface area contributed by atoms with Crippen LogP contribution in [0.3, 0.4) is 0 Å². The molecule has 0 aliphatic heterocycles. The Balaban J connectivity index is 2.67. The Bertz CT molecular complexity index is 350. The Morgan fingerprint density at radius 2 is 1.56 bits per heavy atom. The third-order valence-corrected chi connectivity index (χ3v) is 5.38. The van der Waals surface area contributed by atoms with Gasteiger partial charge in [-0.1, -0.05) is 45.4 Å². The SMILES string of the molecule is CCCCCCCCC1C(CC(=O)OCC)CCC1(OCC)OCC. The van der Waals surface area contributed by atoms with Crippen LogP contribution in [-0.2, 0) is 19.0 Å². The van der Waals surface area contributed by atoms with E-state index in [1.165, 1.54) is 38.5 Å². The van der Waals surface area contributed by atoms with Crippen LogP contribution in [0.5, 0.6) is 0 Å². The molecule has 0 aromatic heterocycles. The van der Waals surface area contributed by atoms with Crippen LogP contribution in [0.25, 0.3) is 0 Å². The van der Waals surface area contributed by atoms with Crippen LogP contribution in [0, 0.1) is 11.8 Å². The fourth-order valence-electron chi connectivity index (χ4n) is 4.30. The molecule has 0 bridgehead atoms. The molecule has 1 aliphatic rings. The van der Waals surface area contributed by atoms with Gasteiger partial charge in [-0.15, -0.1) is 0 Å². The highest BCUT2D eigenvalue weighted by atomic mass is 16.7. The van der Waals surface area contributed by atoms with Crippen LogP contribution >= 0.6 is 0 Å². The van der Waals surface area contributed by atoms with Crippen molar-refractivity contribution in [1.82, 2.24) is 0 Å². The predicted molar refractivity (Wildman–Crippen MR) is 101 cm³/mol. The van der Waals surface area contributed by atoms with Crippen LogP contribution in [-0.4, -0.2) is 31.6 Å². The Morgan fingerprint density at radius 1 is 0.920 bits per heavy atom. The summed E-state index contributed by atoms with van der Waals surface area (Å²) in [5.41, 5.74) is 0. The minimum Gasteiger partial charge on any atom is -0.466 e. The van der Waals surface area contributed by atoms with Crippen molar-refractivity contribution < 1.29 is 19.0 Å². The molecule has 1 saturated carbocycles. The van der Waals surface area contributed by atoms with Crippen LogP contribution in [0.15, 0.2) is 0 Å². The summed E-state index contributed by atoms with van der Waals surface area (Å²) in [4.78, 5) is 12.0. The van der Waals surface area contributed by atoms with Crippen molar-refractivity contribution in [3.63, 3.8) is 0 Å². The van der Waals surface area contributed by atoms with E-state index >= 15 is 0 Å². The van der Waals surface area contributed by atoms with Gasteiger partial charge >= 0.3 is 5.97 Å². The highest BCUT2D eigenvalue weighted by molar-refractivity contribution is 5.69. The first-order chi connectivity index (χ1) is 12.1. The van der Waals surface area contributed by atoms with E-state index in [1.54, 1.807) is 0 Å². The molecule has 2 atom stereocenters. The van der Waals surface area contributed by atoms with Crippen LogP contribution in [0.1, 0.15) is 91.9 Å². The maximum absolute atomic E-state index is 12.0. The molecule has 4 nitrogen and oxygen atoms in total. The Hall–Kier alpha value is -0.610. The van der Waals surface area contributed by atoms with Crippen LogP contribution < -0.4 is 0 Å². The van der Waals surface area contributed by atoms with E-state index in [0.717, 1.165) is 19.3 Å². The van der Waals surface area contributed by atoms with Crippen molar-refractivity contribution in [3.05, 3.63) is 0 Å². The maximum atomic E-state index is 12.0. The first kappa shape index (κ1) is 22.4. The number of hydrogen-bond donors (Lipinski definition) is 0. The average molecular weight is 357 g/mol. The fraction of sp³-hybridized carbons (Fsp3) is 0.952. The summed E-state index contributed by atoms with van der Waals surface area (Å²) in [5, 5.41) is 0. The summed E-state index contributed by atoms with van der Waals surface area (Å²) in [6.45, 7) is 9.93. The standard InChI is InChI=1S/C21H40O4/c1-5-9-10-11-12-13-14-19-18(17-20(22)23-6-2)15-16-21(19,24-7-3)25-8-4/h18-19H,5-17H2,1-4H3. The molecule has 1 aliphatic carbocycles. The second-order valence-electron chi connectivity index (χ2n) is 7.15. The Kier molecular flexibility index (Phi) is 11.4. The van der Waals surface area contributed by atoms with Crippen molar-refractivity contribution in [2.24, 2.45) is 11.8 Å². The molecule has 0 N–H and O–H groups in total.